The fourth-order valence-corrected chi connectivity index (χ4v) is 3.12. The van der Waals surface area contributed by atoms with Gasteiger partial charge in [0.05, 0.1) is 0 Å². The Labute approximate surface area is 112 Å². The Hall–Kier alpha value is -2.28. The molecule has 1 unspecified atom stereocenters. The summed E-state index contributed by atoms with van der Waals surface area (Å²) < 4.78 is 0. The number of hydrogen-bond acceptors (Lipinski definition) is 1. The summed E-state index contributed by atoms with van der Waals surface area (Å²) in [5.41, 5.74) is 4.12. The molecular formula is C18H15N. The molecule has 92 valence electrons. The summed E-state index contributed by atoms with van der Waals surface area (Å²) in [5, 5.41) is 6.21. The van der Waals surface area contributed by atoms with Crippen LogP contribution in [0.3, 0.4) is 0 Å². The van der Waals surface area contributed by atoms with Gasteiger partial charge in [0.2, 0.25) is 0 Å². The van der Waals surface area contributed by atoms with Gasteiger partial charge in [-0.2, -0.15) is 0 Å². The zero-order valence-corrected chi connectivity index (χ0v) is 10.6. The molecule has 0 aliphatic carbocycles. The highest BCUT2D eigenvalue weighted by molar-refractivity contribution is 5.87. The van der Waals surface area contributed by atoms with Crippen LogP contribution in [0, 0.1) is 0 Å². The van der Waals surface area contributed by atoms with E-state index >= 15 is 0 Å². The lowest BCUT2D eigenvalue weighted by Crippen LogP contribution is -2.04. The van der Waals surface area contributed by atoms with Gasteiger partial charge in [0.15, 0.2) is 0 Å². The molecular weight excluding hydrogens is 230 g/mol. The predicted molar refractivity (Wildman–Crippen MR) is 80.7 cm³/mol. The number of benzene rings is 3. The molecule has 1 atom stereocenters. The Balaban J connectivity index is 1.93. The topological polar surface area (TPSA) is 12.0 Å². The molecule has 1 aliphatic rings. The summed E-state index contributed by atoms with van der Waals surface area (Å²) in [6.07, 6.45) is 0. The zero-order chi connectivity index (χ0) is 12.7. The molecule has 1 aliphatic heterocycles. The van der Waals surface area contributed by atoms with Gasteiger partial charge < -0.3 is 5.32 Å². The molecule has 1 nitrogen and oxygen atoms in total. The van der Waals surface area contributed by atoms with Crippen LogP contribution in [0.4, 0.5) is 5.69 Å². The molecule has 0 aromatic heterocycles. The third-order valence-corrected chi connectivity index (χ3v) is 4.03. The van der Waals surface area contributed by atoms with Gasteiger partial charge in [0, 0.05) is 18.2 Å². The average molecular weight is 245 g/mol. The van der Waals surface area contributed by atoms with Crippen molar-refractivity contribution < 1.29 is 0 Å². The lowest BCUT2D eigenvalue weighted by Gasteiger charge is -2.13. The third-order valence-electron chi connectivity index (χ3n) is 4.03. The molecule has 0 saturated carbocycles. The Bertz CT molecular complexity index is 740. The number of anilines is 1. The summed E-state index contributed by atoms with van der Waals surface area (Å²) in [7, 11) is 0. The van der Waals surface area contributed by atoms with Crippen molar-refractivity contribution in [3.8, 4) is 0 Å². The van der Waals surface area contributed by atoms with Crippen molar-refractivity contribution in [1.29, 1.82) is 0 Å². The summed E-state index contributed by atoms with van der Waals surface area (Å²) in [6.45, 7) is 0.993. The quantitative estimate of drug-likeness (QED) is 0.670. The number of rotatable bonds is 1. The van der Waals surface area contributed by atoms with Gasteiger partial charge >= 0.3 is 0 Å². The molecule has 0 amide bonds. The van der Waals surface area contributed by atoms with Crippen LogP contribution in [0.15, 0.2) is 66.7 Å². The van der Waals surface area contributed by atoms with Crippen molar-refractivity contribution in [2.45, 2.75) is 5.92 Å². The van der Waals surface area contributed by atoms with E-state index in [1.807, 2.05) is 0 Å². The second-order valence-electron chi connectivity index (χ2n) is 5.09. The lowest BCUT2D eigenvalue weighted by molar-refractivity contribution is 0.917. The van der Waals surface area contributed by atoms with Crippen molar-refractivity contribution in [1.82, 2.24) is 0 Å². The third kappa shape index (κ3) is 1.62. The van der Waals surface area contributed by atoms with Gasteiger partial charge in [-0.15, -0.1) is 0 Å². The van der Waals surface area contributed by atoms with Gasteiger partial charge in [-0.1, -0.05) is 60.7 Å². The predicted octanol–water partition coefficient (Wildman–Crippen LogP) is 4.40. The van der Waals surface area contributed by atoms with Crippen LogP contribution < -0.4 is 5.32 Å². The van der Waals surface area contributed by atoms with Crippen LogP contribution >= 0.6 is 0 Å². The number of para-hydroxylation sites is 1. The number of fused-ring (bicyclic) bond motifs is 2. The molecule has 4 rings (SSSR count). The standard InChI is InChI=1S/C18H15N/c1-2-8-14-13(6-1)7-5-10-15(14)17-12-19-18-11-4-3-9-16(17)18/h1-11,17,19H,12H2. The van der Waals surface area contributed by atoms with E-state index < -0.39 is 0 Å². The van der Waals surface area contributed by atoms with E-state index in [-0.39, 0.29) is 0 Å². The van der Waals surface area contributed by atoms with Gasteiger partial charge in [0.1, 0.15) is 0 Å². The normalized spacial score (nSPS) is 17.2. The molecule has 0 fully saturated rings. The molecule has 0 spiro atoms. The minimum atomic E-state index is 0.460. The molecule has 1 heteroatoms. The monoisotopic (exact) mass is 245 g/mol. The second kappa shape index (κ2) is 4.13. The van der Waals surface area contributed by atoms with Crippen LogP contribution in [0.2, 0.25) is 0 Å². The highest BCUT2D eigenvalue weighted by Crippen LogP contribution is 2.38. The molecule has 0 radical (unpaired) electrons. The molecule has 1 heterocycles. The van der Waals surface area contributed by atoms with Crippen molar-refractivity contribution in [2.75, 3.05) is 11.9 Å². The van der Waals surface area contributed by atoms with Crippen LogP contribution in [0.1, 0.15) is 17.0 Å². The van der Waals surface area contributed by atoms with Gasteiger partial charge in [-0.05, 0) is 28.0 Å². The molecule has 0 bridgehead atoms. The fraction of sp³-hybridized carbons (Fsp3) is 0.111. The molecule has 19 heavy (non-hydrogen) atoms. The van der Waals surface area contributed by atoms with E-state index in [0.717, 1.165) is 6.54 Å². The Kier molecular flexibility index (Phi) is 2.31. The maximum Gasteiger partial charge on any atom is 0.0379 e. The second-order valence-corrected chi connectivity index (χ2v) is 5.09. The first kappa shape index (κ1) is 10.6. The maximum atomic E-state index is 3.51. The Morgan fingerprint density at radius 2 is 1.47 bits per heavy atom. The molecule has 3 aromatic rings. The summed E-state index contributed by atoms with van der Waals surface area (Å²) in [4.78, 5) is 0. The first-order chi connectivity index (χ1) is 9.43. The molecule has 0 saturated heterocycles. The number of nitrogens with one attached hydrogen (secondary N) is 1. The van der Waals surface area contributed by atoms with Crippen molar-refractivity contribution in [2.24, 2.45) is 0 Å². The summed E-state index contributed by atoms with van der Waals surface area (Å²) in [6, 6.07) is 23.9. The minimum Gasteiger partial charge on any atom is -0.384 e. The van der Waals surface area contributed by atoms with Crippen LogP contribution in [0.5, 0.6) is 0 Å². The first-order valence-corrected chi connectivity index (χ1v) is 6.74. The SMILES string of the molecule is c1ccc2c(c1)NCC2c1cccc2ccccc12. The smallest absolute Gasteiger partial charge is 0.0379 e. The van der Waals surface area contributed by atoms with Crippen molar-refractivity contribution >= 4 is 16.5 Å². The number of hydrogen-bond donors (Lipinski definition) is 1. The minimum absolute atomic E-state index is 0.460. The van der Waals surface area contributed by atoms with E-state index in [9.17, 15) is 0 Å². The van der Waals surface area contributed by atoms with Crippen LogP contribution in [-0.4, -0.2) is 6.54 Å². The highest BCUT2D eigenvalue weighted by Gasteiger charge is 2.24. The molecule has 1 N–H and O–H groups in total. The average Bonchev–Trinajstić information content (AvgIpc) is 2.90. The van der Waals surface area contributed by atoms with E-state index in [4.69, 9.17) is 0 Å². The summed E-state index contributed by atoms with van der Waals surface area (Å²) >= 11 is 0. The van der Waals surface area contributed by atoms with E-state index in [1.165, 1.54) is 27.6 Å². The fourth-order valence-electron chi connectivity index (χ4n) is 3.12. The van der Waals surface area contributed by atoms with Gasteiger partial charge in [0.25, 0.3) is 0 Å². The largest absolute Gasteiger partial charge is 0.384 e. The first-order valence-electron chi connectivity index (χ1n) is 6.74. The Morgan fingerprint density at radius 3 is 2.47 bits per heavy atom. The highest BCUT2D eigenvalue weighted by atomic mass is 14.9. The van der Waals surface area contributed by atoms with E-state index in [2.05, 4.69) is 72.0 Å². The van der Waals surface area contributed by atoms with Gasteiger partial charge in [-0.25, -0.2) is 0 Å². The summed E-state index contributed by atoms with van der Waals surface area (Å²) in [5.74, 6) is 0.460. The van der Waals surface area contributed by atoms with Crippen LogP contribution in [0.25, 0.3) is 10.8 Å². The zero-order valence-electron chi connectivity index (χ0n) is 10.6. The maximum absolute atomic E-state index is 3.51. The van der Waals surface area contributed by atoms with Gasteiger partial charge in [-0.3, -0.25) is 0 Å². The lowest BCUT2D eigenvalue weighted by atomic mass is 9.89. The van der Waals surface area contributed by atoms with Crippen molar-refractivity contribution in [3.05, 3.63) is 77.9 Å². The van der Waals surface area contributed by atoms with Crippen LogP contribution in [-0.2, 0) is 0 Å². The Morgan fingerprint density at radius 1 is 0.737 bits per heavy atom. The van der Waals surface area contributed by atoms with Crippen molar-refractivity contribution in [3.63, 3.8) is 0 Å². The molecule has 3 aromatic carbocycles. The van der Waals surface area contributed by atoms with E-state index in [0.29, 0.717) is 5.92 Å². The van der Waals surface area contributed by atoms with E-state index in [1.54, 1.807) is 0 Å².